The molecule has 0 heterocycles. The highest BCUT2D eigenvalue weighted by atomic mass is 16.4. The van der Waals surface area contributed by atoms with Crippen LogP contribution in [-0.2, 0) is 12.8 Å². The Hall–Kier alpha value is -1.84. The summed E-state index contributed by atoms with van der Waals surface area (Å²) in [7, 11) is 0. The monoisotopic (exact) mass is 334 g/mol. The van der Waals surface area contributed by atoms with Gasteiger partial charge in [-0.1, -0.05) is 52.5 Å². The fraction of sp³-hybridized carbons (Fsp3) is 0.600. The summed E-state index contributed by atoms with van der Waals surface area (Å²) in [5.41, 5.74) is 1.60. The first kappa shape index (κ1) is 20.2. The van der Waals surface area contributed by atoms with Gasteiger partial charge in [0.15, 0.2) is 0 Å². The van der Waals surface area contributed by atoms with Crippen molar-refractivity contribution in [2.45, 2.75) is 72.1 Å². The van der Waals surface area contributed by atoms with Crippen LogP contribution in [0.4, 0.5) is 0 Å². The van der Waals surface area contributed by atoms with E-state index in [4.69, 9.17) is 0 Å². The van der Waals surface area contributed by atoms with Crippen LogP contribution in [0.2, 0.25) is 0 Å². The molecule has 0 radical (unpaired) electrons. The van der Waals surface area contributed by atoms with Crippen LogP contribution in [0, 0.1) is 5.92 Å². The van der Waals surface area contributed by atoms with E-state index >= 15 is 0 Å². The second-order valence-corrected chi connectivity index (χ2v) is 6.83. The lowest BCUT2D eigenvalue weighted by Crippen LogP contribution is -2.14. The molecule has 0 atom stereocenters. The number of aromatic carboxylic acids is 2. The average Bonchev–Trinajstić information content (AvgIpc) is 2.52. The maximum atomic E-state index is 11.7. The van der Waals surface area contributed by atoms with Gasteiger partial charge in [-0.2, -0.15) is 0 Å². The summed E-state index contributed by atoms with van der Waals surface area (Å²) >= 11 is 0. The van der Waals surface area contributed by atoms with E-state index in [0.717, 1.165) is 49.7 Å². The molecule has 0 saturated heterocycles. The van der Waals surface area contributed by atoms with Crippen molar-refractivity contribution >= 4 is 11.9 Å². The van der Waals surface area contributed by atoms with Crippen molar-refractivity contribution in [1.82, 2.24) is 0 Å². The van der Waals surface area contributed by atoms with E-state index in [1.807, 2.05) is 0 Å². The summed E-state index contributed by atoms with van der Waals surface area (Å²) in [5, 5.41) is 18.9. The number of aryl methyl sites for hydroxylation is 1. The van der Waals surface area contributed by atoms with Crippen molar-refractivity contribution in [2.75, 3.05) is 0 Å². The van der Waals surface area contributed by atoms with E-state index in [-0.39, 0.29) is 11.1 Å². The molecule has 4 heteroatoms. The third-order valence-electron chi connectivity index (χ3n) is 4.38. The van der Waals surface area contributed by atoms with Gasteiger partial charge in [0.1, 0.15) is 0 Å². The molecule has 0 saturated carbocycles. The first-order chi connectivity index (χ1) is 11.4. The Bertz CT molecular complexity index is 561. The van der Waals surface area contributed by atoms with E-state index in [1.54, 1.807) is 6.07 Å². The van der Waals surface area contributed by atoms with Crippen LogP contribution in [-0.4, -0.2) is 22.2 Å². The third-order valence-corrected chi connectivity index (χ3v) is 4.38. The molecule has 0 aliphatic rings. The van der Waals surface area contributed by atoms with Crippen LogP contribution in [0.5, 0.6) is 0 Å². The minimum Gasteiger partial charge on any atom is -0.478 e. The summed E-state index contributed by atoms with van der Waals surface area (Å²) < 4.78 is 0. The van der Waals surface area contributed by atoms with Crippen LogP contribution in [0.3, 0.4) is 0 Å². The number of unbranched alkanes of at least 4 members (excludes halogenated alkanes) is 4. The van der Waals surface area contributed by atoms with Gasteiger partial charge in [0, 0.05) is 0 Å². The normalized spacial score (nSPS) is 11.0. The Kier molecular flexibility index (Phi) is 8.51. The van der Waals surface area contributed by atoms with Gasteiger partial charge in [0.2, 0.25) is 0 Å². The first-order valence-electron chi connectivity index (χ1n) is 8.99. The van der Waals surface area contributed by atoms with Gasteiger partial charge in [-0.25, -0.2) is 9.59 Å². The third kappa shape index (κ3) is 5.99. The summed E-state index contributed by atoms with van der Waals surface area (Å²) in [5.74, 6) is -1.78. The number of carboxylic acids is 2. The molecule has 24 heavy (non-hydrogen) atoms. The molecule has 0 spiro atoms. The fourth-order valence-corrected chi connectivity index (χ4v) is 2.98. The highest BCUT2D eigenvalue weighted by Gasteiger charge is 2.22. The molecular weight excluding hydrogens is 304 g/mol. The molecule has 0 fully saturated rings. The molecule has 1 aromatic carbocycles. The van der Waals surface area contributed by atoms with Crippen LogP contribution in [0.25, 0.3) is 0 Å². The zero-order chi connectivity index (χ0) is 18.1. The summed E-state index contributed by atoms with van der Waals surface area (Å²) in [6, 6.07) is 3.25. The number of benzene rings is 1. The molecule has 0 bridgehead atoms. The lowest BCUT2D eigenvalue weighted by molar-refractivity contribution is 0.0650. The number of hydrogen-bond acceptors (Lipinski definition) is 2. The van der Waals surface area contributed by atoms with E-state index in [1.165, 1.54) is 12.5 Å². The Morgan fingerprint density at radius 2 is 1.62 bits per heavy atom. The fourth-order valence-electron chi connectivity index (χ4n) is 2.98. The highest BCUT2D eigenvalue weighted by Crippen LogP contribution is 2.25. The van der Waals surface area contributed by atoms with Crippen LogP contribution in [0.1, 0.15) is 91.1 Å². The topological polar surface area (TPSA) is 74.6 Å². The smallest absolute Gasteiger partial charge is 0.336 e. The van der Waals surface area contributed by atoms with E-state index in [9.17, 15) is 19.8 Å². The maximum Gasteiger partial charge on any atom is 0.336 e. The van der Waals surface area contributed by atoms with E-state index in [2.05, 4.69) is 20.8 Å². The number of rotatable bonds is 11. The van der Waals surface area contributed by atoms with Gasteiger partial charge in [-0.05, 0) is 48.8 Å². The van der Waals surface area contributed by atoms with E-state index in [0.29, 0.717) is 12.3 Å². The molecule has 0 unspecified atom stereocenters. The van der Waals surface area contributed by atoms with Gasteiger partial charge < -0.3 is 10.2 Å². The average molecular weight is 334 g/mol. The highest BCUT2D eigenvalue weighted by molar-refractivity contribution is 6.03. The quantitative estimate of drug-likeness (QED) is 0.546. The van der Waals surface area contributed by atoms with Crippen molar-refractivity contribution in [3.8, 4) is 0 Å². The first-order valence-corrected chi connectivity index (χ1v) is 8.99. The Labute approximate surface area is 144 Å². The second kappa shape index (κ2) is 10.1. The van der Waals surface area contributed by atoms with Crippen molar-refractivity contribution in [3.63, 3.8) is 0 Å². The van der Waals surface area contributed by atoms with Crippen molar-refractivity contribution < 1.29 is 19.8 Å². The zero-order valence-corrected chi connectivity index (χ0v) is 15.1. The summed E-state index contributed by atoms with van der Waals surface area (Å²) in [4.78, 5) is 23.1. The SMILES string of the molecule is CCCCCCCc1c(CCC(C)C)ccc(C(=O)O)c1C(=O)O. The van der Waals surface area contributed by atoms with Crippen LogP contribution in [0.15, 0.2) is 12.1 Å². The maximum absolute atomic E-state index is 11.7. The molecule has 0 aromatic heterocycles. The number of carboxylic acid groups (broad SMARTS) is 2. The molecule has 134 valence electrons. The summed E-state index contributed by atoms with van der Waals surface area (Å²) in [6.45, 7) is 6.42. The Balaban J connectivity index is 3.11. The number of hydrogen-bond donors (Lipinski definition) is 2. The molecule has 1 aromatic rings. The number of carbonyl (C=O) groups is 2. The van der Waals surface area contributed by atoms with Crippen LogP contribution >= 0.6 is 0 Å². The van der Waals surface area contributed by atoms with Gasteiger partial charge in [-0.15, -0.1) is 0 Å². The van der Waals surface area contributed by atoms with Gasteiger partial charge in [0.05, 0.1) is 11.1 Å². The predicted molar refractivity (Wildman–Crippen MR) is 96.0 cm³/mol. The molecule has 0 aliphatic carbocycles. The Morgan fingerprint density at radius 1 is 0.958 bits per heavy atom. The lowest BCUT2D eigenvalue weighted by atomic mass is 9.89. The van der Waals surface area contributed by atoms with Gasteiger partial charge in [0.25, 0.3) is 0 Å². The van der Waals surface area contributed by atoms with Crippen molar-refractivity contribution in [2.24, 2.45) is 5.92 Å². The molecule has 0 aliphatic heterocycles. The van der Waals surface area contributed by atoms with Gasteiger partial charge >= 0.3 is 11.9 Å². The minimum absolute atomic E-state index is 0.0146. The largest absolute Gasteiger partial charge is 0.478 e. The molecule has 1 rings (SSSR count). The van der Waals surface area contributed by atoms with E-state index < -0.39 is 11.9 Å². The van der Waals surface area contributed by atoms with Crippen molar-refractivity contribution in [1.29, 1.82) is 0 Å². The van der Waals surface area contributed by atoms with Gasteiger partial charge in [-0.3, -0.25) is 0 Å². The lowest BCUT2D eigenvalue weighted by Gasteiger charge is -2.16. The predicted octanol–water partition coefficient (Wildman–Crippen LogP) is 5.18. The molecule has 2 N–H and O–H groups in total. The minimum atomic E-state index is -1.17. The molecule has 0 amide bonds. The zero-order valence-electron chi connectivity index (χ0n) is 15.1. The molecule has 4 nitrogen and oxygen atoms in total. The molecular formula is C20H30O4. The second-order valence-electron chi connectivity index (χ2n) is 6.83. The Morgan fingerprint density at radius 3 is 2.17 bits per heavy atom. The summed E-state index contributed by atoms with van der Waals surface area (Å²) in [6.07, 6.45) is 7.83. The van der Waals surface area contributed by atoms with Crippen molar-refractivity contribution in [3.05, 3.63) is 34.4 Å². The van der Waals surface area contributed by atoms with Crippen LogP contribution < -0.4 is 0 Å². The standard InChI is InChI=1S/C20H30O4/c1-4-5-6-7-8-9-16-15(11-10-14(2)3)12-13-17(19(21)22)18(16)20(23)24/h12-14H,4-11H2,1-3H3,(H,21,22)(H,23,24).